The van der Waals surface area contributed by atoms with Crippen molar-refractivity contribution in [2.75, 3.05) is 13.2 Å². The summed E-state index contributed by atoms with van der Waals surface area (Å²) in [6.07, 6.45) is 2.95. The second kappa shape index (κ2) is 4.28. The van der Waals surface area contributed by atoms with Crippen molar-refractivity contribution >= 4 is 0 Å². The highest BCUT2D eigenvalue weighted by Gasteiger charge is 2.33. The van der Waals surface area contributed by atoms with Gasteiger partial charge < -0.3 is 25.2 Å². The Bertz CT molecular complexity index is 148. The number of aliphatic hydroxyl groups is 4. The Hall–Kier alpha value is -0.640. The molecule has 4 N–H and O–H groups in total. The molecular weight excluding hydrogens is 152 g/mol. The summed E-state index contributed by atoms with van der Waals surface area (Å²) >= 11 is 0. The number of hydrogen-bond acceptors (Lipinski definition) is 5. The van der Waals surface area contributed by atoms with Gasteiger partial charge in [0.2, 0.25) is 0 Å². The molecule has 0 aliphatic heterocycles. The van der Waals surface area contributed by atoms with Gasteiger partial charge >= 0.3 is 5.97 Å². The molecule has 0 aromatic rings. The van der Waals surface area contributed by atoms with Crippen LogP contribution in [0, 0.1) is 12.3 Å². The van der Waals surface area contributed by atoms with Crippen LogP contribution in [0.4, 0.5) is 0 Å². The van der Waals surface area contributed by atoms with E-state index in [1.807, 2.05) is 5.92 Å². The van der Waals surface area contributed by atoms with E-state index in [-0.39, 0.29) is 6.61 Å². The van der Waals surface area contributed by atoms with Gasteiger partial charge in [-0.3, -0.25) is 0 Å². The maximum atomic E-state index is 8.74. The zero-order valence-electron chi connectivity index (χ0n) is 5.77. The monoisotopic (exact) mass is 162 g/mol. The summed E-state index contributed by atoms with van der Waals surface area (Å²) in [6, 6.07) is 0. The molecule has 0 rings (SSSR count). The molecule has 11 heavy (non-hydrogen) atoms. The summed E-state index contributed by atoms with van der Waals surface area (Å²) < 4.78 is 4.20. The summed E-state index contributed by atoms with van der Waals surface area (Å²) in [5.74, 6) is -0.809. The molecule has 0 radical (unpaired) electrons. The van der Waals surface area contributed by atoms with Crippen molar-refractivity contribution < 1.29 is 25.2 Å². The topological polar surface area (TPSA) is 90.2 Å². The van der Waals surface area contributed by atoms with E-state index in [1.165, 1.54) is 0 Å². The highest BCUT2D eigenvalue weighted by molar-refractivity contribution is 4.84. The van der Waals surface area contributed by atoms with E-state index >= 15 is 0 Å². The smallest absolute Gasteiger partial charge is 0.308 e. The Kier molecular flexibility index (Phi) is 4.03. The number of hydrogen-bond donors (Lipinski definition) is 4. The number of aliphatic hydroxyl groups excluding tert-OH is 2. The molecule has 0 aromatic heterocycles. The molecule has 5 heteroatoms. The Morgan fingerprint density at radius 2 is 2.09 bits per heavy atom. The molecule has 0 spiro atoms. The van der Waals surface area contributed by atoms with Gasteiger partial charge in [0.15, 0.2) is 6.10 Å². The van der Waals surface area contributed by atoms with E-state index in [4.69, 9.17) is 26.8 Å². The molecule has 5 nitrogen and oxygen atoms in total. The van der Waals surface area contributed by atoms with Crippen LogP contribution >= 0.6 is 0 Å². The van der Waals surface area contributed by atoms with E-state index in [9.17, 15) is 0 Å². The van der Waals surface area contributed by atoms with Crippen LogP contribution in [0.5, 0.6) is 0 Å². The van der Waals surface area contributed by atoms with Gasteiger partial charge in [-0.05, 0) is 0 Å². The molecular formula is C6H10O5. The standard InChI is InChI=1S/C6H10O5/c1-2-3-11-6(9,10)5(8)4-7/h1,5,7-10H,3-4H2. The number of ether oxygens (including phenoxy) is 1. The predicted octanol–water partition coefficient (Wildman–Crippen LogP) is -2.37. The van der Waals surface area contributed by atoms with E-state index in [0.717, 1.165) is 0 Å². The first-order chi connectivity index (χ1) is 5.04. The Balaban J connectivity index is 3.89. The van der Waals surface area contributed by atoms with Crippen LogP contribution in [0.1, 0.15) is 0 Å². The van der Waals surface area contributed by atoms with Gasteiger partial charge in [0.25, 0.3) is 0 Å². The van der Waals surface area contributed by atoms with Gasteiger partial charge in [-0.15, -0.1) is 6.42 Å². The van der Waals surface area contributed by atoms with E-state index in [1.54, 1.807) is 0 Å². The molecule has 0 fully saturated rings. The summed E-state index contributed by atoms with van der Waals surface area (Å²) in [5.41, 5.74) is 0. The van der Waals surface area contributed by atoms with Crippen LogP contribution in [-0.4, -0.2) is 45.7 Å². The van der Waals surface area contributed by atoms with Crippen LogP contribution in [-0.2, 0) is 4.74 Å². The summed E-state index contributed by atoms with van der Waals surface area (Å²) in [5, 5.41) is 34.4. The lowest BCUT2D eigenvalue weighted by molar-refractivity contribution is -0.375. The fourth-order valence-electron chi connectivity index (χ4n) is 0.363. The summed E-state index contributed by atoms with van der Waals surface area (Å²) in [6.45, 7) is -1.18. The van der Waals surface area contributed by atoms with Crippen molar-refractivity contribution in [3.63, 3.8) is 0 Å². The summed E-state index contributed by atoms with van der Waals surface area (Å²) in [4.78, 5) is 0. The van der Waals surface area contributed by atoms with Crippen molar-refractivity contribution in [1.29, 1.82) is 0 Å². The fourth-order valence-corrected chi connectivity index (χ4v) is 0.363. The van der Waals surface area contributed by atoms with Gasteiger partial charge in [0.05, 0.1) is 6.61 Å². The van der Waals surface area contributed by atoms with Crippen molar-refractivity contribution in [3.8, 4) is 12.3 Å². The van der Waals surface area contributed by atoms with Crippen LogP contribution in [0.3, 0.4) is 0 Å². The highest BCUT2D eigenvalue weighted by atomic mass is 16.8. The third-order valence-electron chi connectivity index (χ3n) is 0.975. The Morgan fingerprint density at radius 3 is 2.45 bits per heavy atom. The molecule has 0 aromatic carbocycles. The number of rotatable bonds is 4. The maximum absolute atomic E-state index is 8.74. The van der Waals surface area contributed by atoms with Crippen LogP contribution in [0.2, 0.25) is 0 Å². The van der Waals surface area contributed by atoms with E-state index in [2.05, 4.69) is 4.74 Å². The van der Waals surface area contributed by atoms with Crippen LogP contribution in [0.25, 0.3) is 0 Å². The molecule has 0 saturated carbocycles. The van der Waals surface area contributed by atoms with Crippen molar-refractivity contribution in [3.05, 3.63) is 0 Å². The molecule has 0 amide bonds. The minimum atomic E-state index is -2.78. The van der Waals surface area contributed by atoms with Crippen LogP contribution < -0.4 is 0 Å². The SMILES string of the molecule is C#CCOC(O)(O)C(O)CO. The largest absolute Gasteiger partial charge is 0.393 e. The van der Waals surface area contributed by atoms with Gasteiger partial charge in [0, 0.05) is 0 Å². The first-order valence-corrected chi connectivity index (χ1v) is 2.85. The van der Waals surface area contributed by atoms with Gasteiger partial charge in [0.1, 0.15) is 6.61 Å². The molecule has 0 saturated heterocycles. The van der Waals surface area contributed by atoms with Crippen molar-refractivity contribution in [1.82, 2.24) is 0 Å². The van der Waals surface area contributed by atoms with E-state index in [0.29, 0.717) is 0 Å². The molecule has 0 aliphatic rings. The van der Waals surface area contributed by atoms with Crippen LogP contribution in [0.15, 0.2) is 0 Å². The Morgan fingerprint density at radius 1 is 1.55 bits per heavy atom. The molecule has 0 aliphatic carbocycles. The third-order valence-corrected chi connectivity index (χ3v) is 0.975. The molecule has 1 unspecified atom stereocenters. The van der Waals surface area contributed by atoms with Gasteiger partial charge in [-0.1, -0.05) is 5.92 Å². The molecule has 64 valence electrons. The average Bonchev–Trinajstić information content (AvgIpc) is 1.99. The minimum Gasteiger partial charge on any atom is -0.393 e. The number of terminal acetylenes is 1. The second-order valence-corrected chi connectivity index (χ2v) is 1.85. The highest BCUT2D eigenvalue weighted by Crippen LogP contribution is 2.07. The third kappa shape index (κ3) is 3.32. The summed E-state index contributed by atoms with van der Waals surface area (Å²) in [7, 11) is 0. The van der Waals surface area contributed by atoms with Gasteiger partial charge in [-0.25, -0.2) is 0 Å². The first-order valence-electron chi connectivity index (χ1n) is 2.85. The fraction of sp³-hybridized carbons (Fsp3) is 0.667. The average molecular weight is 162 g/mol. The zero-order valence-corrected chi connectivity index (χ0v) is 5.77. The lowest BCUT2D eigenvalue weighted by Gasteiger charge is -2.24. The molecule has 0 bridgehead atoms. The quantitative estimate of drug-likeness (QED) is 0.274. The van der Waals surface area contributed by atoms with E-state index < -0.39 is 18.7 Å². The maximum Gasteiger partial charge on any atom is 0.308 e. The zero-order chi connectivity index (χ0) is 8.91. The van der Waals surface area contributed by atoms with Gasteiger partial charge in [-0.2, -0.15) is 0 Å². The normalized spacial score (nSPS) is 14.1. The minimum absolute atomic E-state index is 0.357. The van der Waals surface area contributed by atoms with Crippen molar-refractivity contribution in [2.24, 2.45) is 0 Å². The lowest BCUT2D eigenvalue weighted by Crippen LogP contribution is -2.46. The Labute approximate surface area is 63.9 Å². The molecule has 1 atom stereocenters. The predicted molar refractivity (Wildman–Crippen MR) is 35.0 cm³/mol. The second-order valence-electron chi connectivity index (χ2n) is 1.85. The van der Waals surface area contributed by atoms with Crippen molar-refractivity contribution in [2.45, 2.75) is 12.1 Å². The molecule has 0 heterocycles. The first kappa shape index (κ1) is 10.4. The lowest BCUT2D eigenvalue weighted by atomic mass is 10.3.